The molecule has 0 atom stereocenters. The van der Waals surface area contributed by atoms with Crippen molar-refractivity contribution in [2.45, 2.75) is 5.51 Å². The Bertz CT molecular complexity index is 256. The van der Waals surface area contributed by atoms with E-state index in [0.717, 1.165) is 4.90 Å². The Hall–Kier alpha value is -0.920. The van der Waals surface area contributed by atoms with Crippen LogP contribution in [-0.2, 0) is 4.79 Å². The maximum Gasteiger partial charge on any atom is 0.441 e. The van der Waals surface area contributed by atoms with Crippen molar-refractivity contribution in [2.24, 2.45) is 0 Å². The first kappa shape index (κ1) is 11.2. The second-order valence-corrected chi connectivity index (χ2v) is 3.73. The molecule has 1 aliphatic heterocycles. The van der Waals surface area contributed by atoms with Crippen molar-refractivity contribution in [1.82, 2.24) is 10.2 Å². The number of imide groups is 1. The van der Waals surface area contributed by atoms with Gasteiger partial charge >= 0.3 is 11.5 Å². The molecule has 3 amide bonds. The average molecular weight is 228 g/mol. The number of thioether (sulfide) groups is 1. The van der Waals surface area contributed by atoms with Gasteiger partial charge in [0, 0.05) is 12.3 Å². The second kappa shape index (κ2) is 4.07. The van der Waals surface area contributed by atoms with Crippen molar-refractivity contribution in [3.8, 4) is 0 Å². The molecule has 0 aromatic heterocycles. The van der Waals surface area contributed by atoms with Crippen LogP contribution in [0.4, 0.5) is 18.0 Å². The minimum atomic E-state index is -4.29. The third-order valence-corrected chi connectivity index (χ3v) is 2.21. The van der Waals surface area contributed by atoms with Crippen LogP contribution in [0.3, 0.4) is 0 Å². The summed E-state index contributed by atoms with van der Waals surface area (Å²) in [5.74, 6) is -0.739. The number of halogens is 3. The molecule has 1 aliphatic rings. The van der Waals surface area contributed by atoms with Crippen LogP contribution in [-0.4, -0.2) is 41.2 Å². The number of alkyl halides is 3. The van der Waals surface area contributed by atoms with Crippen LogP contribution in [0, 0.1) is 0 Å². The van der Waals surface area contributed by atoms with E-state index in [-0.39, 0.29) is 30.6 Å². The molecule has 1 N–H and O–H groups in total. The monoisotopic (exact) mass is 228 g/mol. The van der Waals surface area contributed by atoms with Crippen molar-refractivity contribution in [1.29, 1.82) is 0 Å². The zero-order chi connectivity index (χ0) is 10.8. The van der Waals surface area contributed by atoms with Gasteiger partial charge in [0.2, 0.25) is 5.91 Å². The second-order valence-electron chi connectivity index (χ2n) is 2.57. The van der Waals surface area contributed by atoms with E-state index in [1.807, 2.05) is 5.32 Å². The summed E-state index contributed by atoms with van der Waals surface area (Å²) in [6.45, 7) is -0.237. The van der Waals surface area contributed by atoms with Crippen LogP contribution >= 0.6 is 11.8 Å². The number of nitrogens with zero attached hydrogens (tertiary/aromatic N) is 1. The van der Waals surface area contributed by atoms with E-state index < -0.39 is 17.4 Å². The first-order valence-electron chi connectivity index (χ1n) is 3.68. The van der Waals surface area contributed by atoms with Gasteiger partial charge in [-0.05, 0) is 11.8 Å². The normalized spacial score (nSPS) is 17.5. The quantitative estimate of drug-likeness (QED) is 0.726. The molecular formula is C6H7F3N2O2S. The molecule has 1 rings (SSSR count). The lowest BCUT2D eigenvalue weighted by molar-refractivity contribution is -0.118. The average Bonchev–Trinajstić information content (AvgIpc) is 2.27. The number of amides is 3. The summed E-state index contributed by atoms with van der Waals surface area (Å²) in [5.41, 5.74) is -4.29. The van der Waals surface area contributed by atoms with Crippen molar-refractivity contribution >= 4 is 23.7 Å². The van der Waals surface area contributed by atoms with Crippen LogP contribution < -0.4 is 5.32 Å². The van der Waals surface area contributed by atoms with Gasteiger partial charge in [0.15, 0.2) is 0 Å². The van der Waals surface area contributed by atoms with E-state index in [0.29, 0.717) is 0 Å². The lowest BCUT2D eigenvalue weighted by Crippen LogP contribution is -2.30. The largest absolute Gasteiger partial charge is 0.441 e. The van der Waals surface area contributed by atoms with E-state index in [9.17, 15) is 22.8 Å². The first-order valence-corrected chi connectivity index (χ1v) is 4.66. The summed E-state index contributed by atoms with van der Waals surface area (Å²) in [4.78, 5) is 22.5. The summed E-state index contributed by atoms with van der Waals surface area (Å²) in [6.07, 6.45) is 0. The molecule has 1 fully saturated rings. The zero-order valence-electron chi connectivity index (χ0n) is 6.93. The fourth-order valence-corrected chi connectivity index (χ4v) is 1.48. The molecule has 14 heavy (non-hydrogen) atoms. The summed E-state index contributed by atoms with van der Waals surface area (Å²) < 4.78 is 35.0. The summed E-state index contributed by atoms with van der Waals surface area (Å²) in [7, 11) is 0. The lowest BCUT2D eigenvalue weighted by Gasteiger charge is -2.12. The van der Waals surface area contributed by atoms with Crippen molar-refractivity contribution in [2.75, 3.05) is 18.8 Å². The Kier molecular flexibility index (Phi) is 3.25. The van der Waals surface area contributed by atoms with Gasteiger partial charge in [0.25, 0.3) is 0 Å². The van der Waals surface area contributed by atoms with Gasteiger partial charge in [0.05, 0.1) is 0 Å². The third-order valence-electron chi connectivity index (χ3n) is 1.49. The number of carbonyl (C=O) groups is 2. The van der Waals surface area contributed by atoms with E-state index in [1.165, 1.54) is 0 Å². The Morgan fingerprint density at radius 3 is 2.50 bits per heavy atom. The van der Waals surface area contributed by atoms with Gasteiger partial charge in [-0.2, -0.15) is 13.2 Å². The molecule has 0 aliphatic carbocycles. The van der Waals surface area contributed by atoms with Crippen LogP contribution in [0.1, 0.15) is 0 Å². The number of carbonyl (C=O) groups excluding carboxylic acids is 2. The highest BCUT2D eigenvalue weighted by molar-refractivity contribution is 8.00. The summed E-state index contributed by atoms with van der Waals surface area (Å²) >= 11 is -0.209. The molecular weight excluding hydrogens is 221 g/mol. The third kappa shape index (κ3) is 3.44. The molecule has 0 unspecified atom stereocenters. The molecule has 1 heterocycles. The Labute approximate surface area is 81.8 Å². The SMILES string of the molecule is O=C1CN(CCSC(F)(F)F)C(=O)N1. The lowest BCUT2D eigenvalue weighted by atomic mass is 10.5. The van der Waals surface area contributed by atoms with Gasteiger partial charge in [-0.1, -0.05) is 0 Å². The highest BCUT2D eigenvalue weighted by Gasteiger charge is 2.30. The maximum absolute atomic E-state index is 11.7. The molecule has 0 bridgehead atoms. The molecule has 4 nitrogen and oxygen atoms in total. The number of urea groups is 1. The van der Waals surface area contributed by atoms with Gasteiger partial charge in [-0.15, -0.1) is 0 Å². The number of rotatable bonds is 3. The van der Waals surface area contributed by atoms with Gasteiger partial charge in [-0.3, -0.25) is 10.1 Å². The highest BCUT2D eigenvalue weighted by atomic mass is 32.2. The van der Waals surface area contributed by atoms with Gasteiger partial charge in [0.1, 0.15) is 6.54 Å². The Balaban J connectivity index is 2.26. The number of hydrogen-bond donors (Lipinski definition) is 1. The molecule has 0 aromatic rings. The van der Waals surface area contributed by atoms with E-state index in [1.54, 1.807) is 0 Å². The maximum atomic E-state index is 11.7. The van der Waals surface area contributed by atoms with Crippen LogP contribution in [0.2, 0.25) is 0 Å². The number of nitrogens with one attached hydrogen (secondary N) is 1. The molecule has 0 aromatic carbocycles. The zero-order valence-corrected chi connectivity index (χ0v) is 7.74. The smallest absolute Gasteiger partial charge is 0.314 e. The molecule has 0 spiro atoms. The standard InChI is InChI=1S/C6H7F3N2O2S/c7-6(8,9)14-2-1-11-3-4(12)10-5(11)13/h1-3H2,(H,10,12,13). The van der Waals surface area contributed by atoms with Gasteiger partial charge < -0.3 is 4.90 Å². The van der Waals surface area contributed by atoms with Crippen LogP contribution in [0.25, 0.3) is 0 Å². The first-order chi connectivity index (χ1) is 6.38. The summed E-state index contributed by atoms with van der Waals surface area (Å²) in [5, 5.41) is 1.97. The minimum Gasteiger partial charge on any atom is -0.314 e. The molecule has 8 heteroatoms. The molecule has 80 valence electrons. The Morgan fingerprint density at radius 1 is 1.43 bits per heavy atom. The van der Waals surface area contributed by atoms with Gasteiger partial charge in [-0.25, -0.2) is 4.79 Å². The van der Waals surface area contributed by atoms with E-state index in [4.69, 9.17) is 0 Å². The van der Waals surface area contributed by atoms with Crippen molar-refractivity contribution in [3.05, 3.63) is 0 Å². The predicted molar refractivity (Wildman–Crippen MR) is 43.6 cm³/mol. The Morgan fingerprint density at radius 2 is 2.07 bits per heavy atom. The highest BCUT2D eigenvalue weighted by Crippen LogP contribution is 2.29. The molecule has 0 saturated carbocycles. The van der Waals surface area contributed by atoms with Crippen LogP contribution in [0.5, 0.6) is 0 Å². The van der Waals surface area contributed by atoms with Crippen molar-refractivity contribution in [3.63, 3.8) is 0 Å². The van der Waals surface area contributed by atoms with Crippen LogP contribution in [0.15, 0.2) is 0 Å². The van der Waals surface area contributed by atoms with E-state index in [2.05, 4.69) is 0 Å². The summed E-state index contributed by atoms with van der Waals surface area (Å²) in [6, 6.07) is -0.627. The topological polar surface area (TPSA) is 49.4 Å². The fraction of sp³-hybridized carbons (Fsp3) is 0.667. The van der Waals surface area contributed by atoms with Crippen molar-refractivity contribution < 1.29 is 22.8 Å². The molecule has 0 radical (unpaired) electrons. The number of hydrogen-bond acceptors (Lipinski definition) is 3. The predicted octanol–water partition coefficient (Wildman–Crippen LogP) is 0.791. The van der Waals surface area contributed by atoms with E-state index >= 15 is 0 Å². The fourth-order valence-electron chi connectivity index (χ4n) is 0.935. The minimum absolute atomic E-state index is 0.0816. The molecule has 1 saturated heterocycles.